The first-order chi connectivity index (χ1) is 14.9. The molecule has 5 heteroatoms. The number of methoxy groups -OCH3 is 1. The van der Waals surface area contributed by atoms with Gasteiger partial charge in [-0.3, -0.25) is 0 Å². The van der Waals surface area contributed by atoms with Crippen molar-refractivity contribution < 1.29 is 22.6 Å². The predicted molar refractivity (Wildman–Crippen MR) is 120 cm³/mol. The summed E-state index contributed by atoms with van der Waals surface area (Å²) in [6, 6.07) is 20.3. The van der Waals surface area contributed by atoms with Gasteiger partial charge in [-0.05, 0) is 71.7 Å². The highest BCUT2D eigenvalue weighted by Crippen LogP contribution is 2.31. The second-order valence-electron chi connectivity index (χ2n) is 6.53. The van der Waals surface area contributed by atoms with Crippen LogP contribution in [0.4, 0.5) is 13.2 Å². The summed E-state index contributed by atoms with van der Waals surface area (Å²) >= 11 is 0. The van der Waals surface area contributed by atoms with Gasteiger partial charge in [-0.25, -0.2) is 0 Å². The third kappa shape index (κ3) is 6.92. The van der Waals surface area contributed by atoms with Gasteiger partial charge >= 0.3 is 6.18 Å². The van der Waals surface area contributed by atoms with Crippen molar-refractivity contribution in [1.82, 2.24) is 0 Å². The standard InChI is InChI=1S/C24H21F3O2.C2H6/c1-17(15-16-29-23-13-11-22(28-2)12-14-23)18-3-5-19(6-4-18)20-7-9-21(10-8-20)24(25,26)27;1-2/h3-15H,16H2,1-2H3;1-2H3/b17-15+;. The van der Waals surface area contributed by atoms with Crippen molar-refractivity contribution in [2.75, 3.05) is 13.7 Å². The topological polar surface area (TPSA) is 18.5 Å². The van der Waals surface area contributed by atoms with Crippen molar-refractivity contribution in [3.05, 3.63) is 90.0 Å². The lowest BCUT2D eigenvalue weighted by Gasteiger charge is -2.09. The normalized spacial score (nSPS) is 11.4. The quantitative estimate of drug-likeness (QED) is 0.397. The minimum Gasteiger partial charge on any atom is -0.497 e. The molecular weight excluding hydrogens is 401 g/mol. The lowest BCUT2D eigenvalue weighted by atomic mass is 10.00. The van der Waals surface area contributed by atoms with Crippen molar-refractivity contribution in [2.24, 2.45) is 0 Å². The molecule has 0 atom stereocenters. The number of ether oxygens (including phenoxy) is 2. The van der Waals surface area contributed by atoms with E-state index in [1.165, 1.54) is 12.1 Å². The summed E-state index contributed by atoms with van der Waals surface area (Å²) in [7, 11) is 1.62. The highest BCUT2D eigenvalue weighted by molar-refractivity contribution is 5.69. The van der Waals surface area contributed by atoms with E-state index >= 15 is 0 Å². The van der Waals surface area contributed by atoms with Gasteiger partial charge in [-0.1, -0.05) is 50.2 Å². The number of alkyl halides is 3. The molecule has 0 heterocycles. The molecule has 3 aromatic rings. The first-order valence-corrected chi connectivity index (χ1v) is 10.1. The molecule has 0 saturated carbocycles. The highest BCUT2D eigenvalue weighted by Gasteiger charge is 2.29. The van der Waals surface area contributed by atoms with Crippen molar-refractivity contribution in [1.29, 1.82) is 0 Å². The van der Waals surface area contributed by atoms with E-state index in [1.54, 1.807) is 7.11 Å². The van der Waals surface area contributed by atoms with Crippen LogP contribution in [0.5, 0.6) is 11.5 Å². The minimum atomic E-state index is -4.32. The Bertz CT molecular complexity index is 956. The molecule has 0 aliphatic carbocycles. The second kappa shape index (κ2) is 11.3. The lowest BCUT2D eigenvalue weighted by Crippen LogP contribution is -2.03. The van der Waals surface area contributed by atoms with Crippen molar-refractivity contribution in [3.63, 3.8) is 0 Å². The van der Waals surface area contributed by atoms with Crippen LogP contribution in [0.25, 0.3) is 16.7 Å². The summed E-state index contributed by atoms with van der Waals surface area (Å²) in [6.07, 6.45) is -2.34. The SMILES string of the molecule is CC.COc1ccc(OC/C=C(\C)c2ccc(-c3ccc(C(F)(F)F)cc3)cc2)cc1. The summed E-state index contributed by atoms with van der Waals surface area (Å²) in [4.78, 5) is 0. The second-order valence-corrected chi connectivity index (χ2v) is 6.53. The number of rotatable bonds is 6. The monoisotopic (exact) mass is 428 g/mol. The van der Waals surface area contributed by atoms with E-state index < -0.39 is 11.7 Å². The molecule has 0 aliphatic rings. The van der Waals surface area contributed by atoms with E-state index in [4.69, 9.17) is 9.47 Å². The smallest absolute Gasteiger partial charge is 0.416 e. The number of hydrogen-bond donors (Lipinski definition) is 0. The van der Waals surface area contributed by atoms with Gasteiger partial charge in [0.15, 0.2) is 0 Å². The Morgan fingerprint density at radius 2 is 1.26 bits per heavy atom. The Morgan fingerprint density at radius 1 is 0.774 bits per heavy atom. The van der Waals surface area contributed by atoms with Crippen LogP contribution >= 0.6 is 0 Å². The van der Waals surface area contributed by atoms with Gasteiger partial charge in [0.1, 0.15) is 18.1 Å². The molecule has 0 radical (unpaired) electrons. The van der Waals surface area contributed by atoms with Gasteiger partial charge in [-0.2, -0.15) is 13.2 Å². The summed E-state index contributed by atoms with van der Waals surface area (Å²) in [5, 5.41) is 0. The van der Waals surface area contributed by atoms with Crippen molar-refractivity contribution >= 4 is 5.57 Å². The molecular formula is C26H27F3O2. The summed E-state index contributed by atoms with van der Waals surface area (Å²) in [5.74, 6) is 1.53. The molecule has 0 spiro atoms. The van der Waals surface area contributed by atoms with Crippen LogP contribution in [-0.2, 0) is 6.18 Å². The van der Waals surface area contributed by atoms with Crippen LogP contribution < -0.4 is 9.47 Å². The molecule has 0 aromatic heterocycles. The largest absolute Gasteiger partial charge is 0.497 e. The van der Waals surface area contributed by atoms with E-state index in [0.29, 0.717) is 6.61 Å². The van der Waals surface area contributed by atoms with Gasteiger partial charge < -0.3 is 9.47 Å². The van der Waals surface area contributed by atoms with Gasteiger partial charge in [0.05, 0.1) is 12.7 Å². The fraction of sp³-hybridized carbons (Fsp3) is 0.231. The molecule has 31 heavy (non-hydrogen) atoms. The molecule has 2 nitrogen and oxygen atoms in total. The summed E-state index contributed by atoms with van der Waals surface area (Å²) in [5.41, 5.74) is 3.05. The van der Waals surface area contributed by atoms with Crippen molar-refractivity contribution in [3.8, 4) is 22.6 Å². The highest BCUT2D eigenvalue weighted by atomic mass is 19.4. The van der Waals surface area contributed by atoms with Gasteiger partial charge in [0.2, 0.25) is 0 Å². The average Bonchev–Trinajstić information content (AvgIpc) is 2.80. The minimum absolute atomic E-state index is 0.429. The van der Waals surface area contributed by atoms with E-state index in [1.807, 2.05) is 75.4 Å². The number of allylic oxidation sites excluding steroid dienone is 1. The Balaban J connectivity index is 0.00000166. The number of benzene rings is 3. The maximum atomic E-state index is 12.7. The molecule has 3 aromatic carbocycles. The molecule has 164 valence electrons. The fourth-order valence-electron chi connectivity index (χ4n) is 2.83. The molecule has 0 aliphatic heterocycles. The van der Waals surface area contributed by atoms with Crippen LogP contribution in [0, 0.1) is 0 Å². The van der Waals surface area contributed by atoms with Crippen LogP contribution in [0.3, 0.4) is 0 Å². The molecule has 0 amide bonds. The Morgan fingerprint density at radius 3 is 1.74 bits per heavy atom. The first-order valence-electron chi connectivity index (χ1n) is 10.1. The van der Waals surface area contributed by atoms with Gasteiger partial charge in [0.25, 0.3) is 0 Å². The van der Waals surface area contributed by atoms with E-state index in [0.717, 1.165) is 45.9 Å². The maximum Gasteiger partial charge on any atom is 0.416 e. The fourth-order valence-corrected chi connectivity index (χ4v) is 2.83. The zero-order chi connectivity index (χ0) is 22.9. The predicted octanol–water partition coefficient (Wildman–Crippen LogP) is 7.89. The molecule has 0 saturated heterocycles. The van der Waals surface area contributed by atoms with Crippen LogP contribution in [0.1, 0.15) is 31.9 Å². The Labute approximate surface area is 182 Å². The van der Waals surface area contributed by atoms with Crippen LogP contribution in [0.2, 0.25) is 0 Å². The molecule has 0 bridgehead atoms. The number of halogens is 3. The van der Waals surface area contributed by atoms with E-state index in [2.05, 4.69) is 0 Å². The molecule has 0 N–H and O–H groups in total. The molecule has 3 rings (SSSR count). The molecule has 0 unspecified atom stereocenters. The number of hydrogen-bond acceptors (Lipinski definition) is 2. The summed E-state index contributed by atoms with van der Waals surface area (Å²) in [6.45, 7) is 6.42. The maximum absolute atomic E-state index is 12.7. The third-order valence-electron chi connectivity index (χ3n) is 4.58. The third-order valence-corrected chi connectivity index (χ3v) is 4.58. The van der Waals surface area contributed by atoms with Gasteiger partial charge in [-0.15, -0.1) is 0 Å². The van der Waals surface area contributed by atoms with Crippen LogP contribution in [-0.4, -0.2) is 13.7 Å². The summed E-state index contributed by atoms with van der Waals surface area (Å²) < 4.78 is 48.9. The molecule has 0 fully saturated rings. The van der Waals surface area contributed by atoms with E-state index in [9.17, 15) is 13.2 Å². The Kier molecular flexibility index (Phi) is 8.74. The zero-order valence-corrected chi connectivity index (χ0v) is 18.2. The average molecular weight is 428 g/mol. The van der Waals surface area contributed by atoms with Gasteiger partial charge in [0, 0.05) is 0 Å². The zero-order valence-electron chi connectivity index (χ0n) is 18.2. The Hall–Kier alpha value is -3.21. The lowest BCUT2D eigenvalue weighted by molar-refractivity contribution is -0.137. The van der Waals surface area contributed by atoms with Crippen LogP contribution in [0.15, 0.2) is 78.9 Å². The first kappa shape index (κ1) is 24.1. The van der Waals surface area contributed by atoms with Crippen molar-refractivity contribution in [2.45, 2.75) is 26.9 Å². The van der Waals surface area contributed by atoms with E-state index in [-0.39, 0.29) is 0 Å².